The summed E-state index contributed by atoms with van der Waals surface area (Å²) in [5.74, 6) is 1.09. The van der Waals surface area contributed by atoms with Crippen molar-refractivity contribution in [1.82, 2.24) is 29.5 Å². The van der Waals surface area contributed by atoms with Gasteiger partial charge < -0.3 is 24.3 Å². The van der Waals surface area contributed by atoms with E-state index in [2.05, 4.69) is 25.3 Å². The number of carbonyl (C=O) groups excluding carboxylic acids is 1. The van der Waals surface area contributed by atoms with Crippen LogP contribution in [-0.2, 0) is 29.3 Å². The second-order valence-corrected chi connectivity index (χ2v) is 12.4. The second-order valence-electron chi connectivity index (χ2n) is 12.4. The lowest BCUT2D eigenvalue weighted by Gasteiger charge is -2.19. The fourth-order valence-corrected chi connectivity index (χ4v) is 4.97. The molecule has 0 bridgehead atoms. The number of alkyl halides is 3. The quantitative estimate of drug-likeness (QED) is 0.155. The third-order valence-corrected chi connectivity index (χ3v) is 7.26. The van der Waals surface area contributed by atoms with Gasteiger partial charge in [0.1, 0.15) is 29.1 Å². The Hall–Kier alpha value is -5.01. The van der Waals surface area contributed by atoms with Crippen LogP contribution in [0.4, 0.5) is 24.7 Å². The van der Waals surface area contributed by atoms with Crippen molar-refractivity contribution in [2.45, 2.75) is 57.9 Å². The number of benzene rings is 1. The van der Waals surface area contributed by atoms with Gasteiger partial charge in [-0.2, -0.15) is 13.2 Å². The first-order valence-corrected chi connectivity index (χ1v) is 15.0. The highest BCUT2D eigenvalue weighted by Crippen LogP contribution is 2.45. The fraction of sp³-hybridized carbons (Fsp3) is 0.394. The average molecular weight is 651 g/mol. The van der Waals surface area contributed by atoms with Gasteiger partial charge in [0.15, 0.2) is 11.5 Å². The molecule has 0 atom stereocenters. The number of esters is 1. The van der Waals surface area contributed by atoms with E-state index in [0.717, 1.165) is 30.3 Å². The summed E-state index contributed by atoms with van der Waals surface area (Å²) in [7, 11) is 6.69. The standard InChI is InChI=1S/C33H37F3N8O3/c1-32(2,3)47-25(45)13-11-21-16-38-29(26-27(20-9-10-20)39-18-40-31(26)46-7)42-28(21)37-15-19-8-12-22(23(14-19)43(4)5)30-41-24(17-44(30)6)33(34,35)36/h8,11-14,16-18,20H,9-10,15H2,1-7H3,(H,37,38,42)/b13-11+. The molecule has 0 aliphatic heterocycles. The number of ether oxygens (including phenoxy) is 2. The molecule has 0 amide bonds. The van der Waals surface area contributed by atoms with Gasteiger partial charge in [0.25, 0.3) is 0 Å². The van der Waals surface area contributed by atoms with Crippen LogP contribution in [0.2, 0.25) is 0 Å². The monoisotopic (exact) mass is 650 g/mol. The Labute approximate surface area is 270 Å². The molecule has 1 N–H and O–H groups in total. The molecule has 11 nitrogen and oxygen atoms in total. The first kappa shape index (κ1) is 33.4. The van der Waals surface area contributed by atoms with Crippen molar-refractivity contribution in [3.05, 3.63) is 65.5 Å². The van der Waals surface area contributed by atoms with Crippen LogP contribution in [0.5, 0.6) is 5.88 Å². The average Bonchev–Trinajstić information content (AvgIpc) is 3.77. The Morgan fingerprint density at radius 1 is 1.13 bits per heavy atom. The van der Waals surface area contributed by atoms with Crippen LogP contribution in [0.25, 0.3) is 28.9 Å². The van der Waals surface area contributed by atoms with Crippen molar-refractivity contribution < 1.29 is 27.4 Å². The van der Waals surface area contributed by atoms with E-state index in [4.69, 9.17) is 14.5 Å². The van der Waals surface area contributed by atoms with Gasteiger partial charge in [0.2, 0.25) is 5.88 Å². The molecule has 1 aliphatic carbocycles. The van der Waals surface area contributed by atoms with Gasteiger partial charge in [0, 0.05) is 68.9 Å². The van der Waals surface area contributed by atoms with Crippen LogP contribution in [-0.4, -0.2) is 62.3 Å². The summed E-state index contributed by atoms with van der Waals surface area (Å²) in [6, 6.07) is 5.44. The number of hydrogen-bond donors (Lipinski definition) is 1. The Morgan fingerprint density at radius 2 is 1.87 bits per heavy atom. The molecule has 4 aromatic rings. The summed E-state index contributed by atoms with van der Waals surface area (Å²) >= 11 is 0. The molecule has 0 spiro atoms. The normalized spacial score (nSPS) is 13.6. The van der Waals surface area contributed by atoms with E-state index in [9.17, 15) is 18.0 Å². The summed E-state index contributed by atoms with van der Waals surface area (Å²) in [5, 5.41) is 3.35. The minimum atomic E-state index is -4.56. The predicted molar refractivity (Wildman–Crippen MR) is 172 cm³/mol. The van der Waals surface area contributed by atoms with Gasteiger partial charge in [-0.3, -0.25) is 0 Å². The number of nitrogens with zero attached hydrogens (tertiary/aromatic N) is 7. The van der Waals surface area contributed by atoms with Crippen molar-refractivity contribution in [2.24, 2.45) is 7.05 Å². The van der Waals surface area contributed by atoms with Crippen molar-refractivity contribution in [3.63, 3.8) is 0 Å². The lowest BCUT2D eigenvalue weighted by atomic mass is 10.1. The number of imidazole rings is 1. The maximum atomic E-state index is 13.4. The fourth-order valence-electron chi connectivity index (χ4n) is 4.97. The third kappa shape index (κ3) is 7.87. The van der Waals surface area contributed by atoms with E-state index in [1.165, 1.54) is 31.1 Å². The van der Waals surface area contributed by atoms with E-state index < -0.39 is 23.4 Å². The molecule has 47 heavy (non-hydrogen) atoms. The number of carbonyl (C=O) groups is 1. The number of halogens is 3. The van der Waals surface area contributed by atoms with Crippen molar-refractivity contribution in [1.29, 1.82) is 0 Å². The maximum absolute atomic E-state index is 13.4. The number of methoxy groups -OCH3 is 1. The molecule has 1 fully saturated rings. The van der Waals surface area contributed by atoms with Crippen LogP contribution in [0, 0.1) is 0 Å². The molecule has 1 aromatic carbocycles. The van der Waals surface area contributed by atoms with E-state index >= 15 is 0 Å². The molecule has 1 saturated carbocycles. The number of anilines is 2. The zero-order valence-corrected chi connectivity index (χ0v) is 27.3. The molecule has 5 rings (SSSR count). The molecule has 3 aromatic heterocycles. The molecular formula is C33H37F3N8O3. The highest BCUT2D eigenvalue weighted by atomic mass is 19.4. The van der Waals surface area contributed by atoms with Crippen molar-refractivity contribution >= 4 is 23.6 Å². The van der Waals surface area contributed by atoms with E-state index in [1.807, 2.05) is 31.1 Å². The smallest absolute Gasteiger partial charge is 0.434 e. The summed E-state index contributed by atoms with van der Waals surface area (Å²) < 4.78 is 52.5. The van der Waals surface area contributed by atoms with Crippen LogP contribution in [0.1, 0.15) is 62.0 Å². The first-order valence-electron chi connectivity index (χ1n) is 15.0. The van der Waals surface area contributed by atoms with Gasteiger partial charge >= 0.3 is 12.1 Å². The van der Waals surface area contributed by atoms with Gasteiger partial charge in [-0.25, -0.2) is 29.7 Å². The molecule has 0 saturated heterocycles. The van der Waals surface area contributed by atoms with Crippen molar-refractivity contribution in [2.75, 3.05) is 31.4 Å². The zero-order chi connectivity index (χ0) is 34.1. The molecule has 3 heterocycles. The van der Waals surface area contributed by atoms with Crippen molar-refractivity contribution in [3.8, 4) is 28.7 Å². The Morgan fingerprint density at radius 3 is 2.49 bits per heavy atom. The third-order valence-electron chi connectivity index (χ3n) is 7.26. The summed E-state index contributed by atoms with van der Waals surface area (Å²) in [5.41, 5.74) is 2.38. The highest BCUT2D eigenvalue weighted by molar-refractivity contribution is 5.88. The van der Waals surface area contributed by atoms with Crippen LogP contribution in [0.3, 0.4) is 0 Å². The number of nitrogens with one attached hydrogen (secondary N) is 1. The van der Waals surface area contributed by atoms with E-state index in [-0.39, 0.29) is 18.3 Å². The largest absolute Gasteiger partial charge is 0.480 e. The summed E-state index contributed by atoms with van der Waals surface area (Å²) in [6.45, 7) is 5.64. The van der Waals surface area contributed by atoms with E-state index in [1.54, 1.807) is 39.1 Å². The van der Waals surface area contributed by atoms with Gasteiger partial charge in [0.05, 0.1) is 12.8 Å². The lowest BCUT2D eigenvalue weighted by molar-refractivity contribution is -0.148. The summed E-state index contributed by atoms with van der Waals surface area (Å²) in [4.78, 5) is 36.4. The number of aryl methyl sites for hydroxylation is 1. The molecule has 14 heteroatoms. The van der Waals surface area contributed by atoms with Gasteiger partial charge in [-0.15, -0.1) is 0 Å². The summed E-state index contributed by atoms with van der Waals surface area (Å²) in [6.07, 6.45) is 4.37. The number of aromatic nitrogens is 6. The number of rotatable bonds is 10. The lowest BCUT2D eigenvalue weighted by Crippen LogP contribution is -2.22. The predicted octanol–water partition coefficient (Wildman–Crippen LogP) is 6.27. The van der Waals surface area contributed by atoms with Crippen LogP contribution in [0.15, 0.2) is 43.0 Å². The van der Waals surface area contributed by atoms with E-state index in [0.29, 0.717) is 39.9 Å². The Bertz CT molecular complexity index is 1810. The zero-order valence-electron chi connectivity index (χ0n) is 27.3. The molecule has 248 valence electrons. The molecule has 0 unspecified atom stereocenters. The van der Waals surface area contributed by atoms with Crippen LogP contribution >= 0.6 is 0 Å². The molecule has 1 aliphatic rings. The Kier molecular flexibility index (Phi) is 9.23. The molecule has 0 radical (unpaired) electrons. The Balaban J connectivity index is 1.50. The minimum absolute atomic E-state index is 0.195. The first-order chi connectivity index (χ1) is 22.1. The van der Waals surface area contributed by atoms with Gasteiger partial charge in [-0.05, 0) is 57.4 Å². The maximum Gasteiger partial charge on any atom is 0.434 e. The van der Waals surface area contributed by atoms with Gasteiger partial charge in [-0.1, -0.05) is 6.07 Å². The second kappa shape index (κ2) is 13.0. The van der Waals surface area contributed by atoms with Crippen LogP contribution < -0.4 is 15.0 Å². The highest BCUT2D eigenvalue weighted by Gasteiger charge is 2.35. The topological polar surface area (TPSA) is 120 Å². The SMILES string of the molecule is COc1ncnc(C2CC2)c1-c1ncc(/C=C/C(=O)OC(C)(C)C)c(NCc2ccc(-c3nc(C(F)(F)F)cn3C)c(N(C)C)c2)n1. The number of hydrogen-bond acceptors (Lipinski definition) is 10. The minimum Gasteiger partial charge on any atom is -0.480 e. The molecular weight excluding hydrogens is 613 g/mol.